The Hall–Kier alpha value is -0.890. The summed E-state index contributed by atoms with van der Waals surface area (Å²) in [6.45, 7) is 0. The van der Waals surface area contributed by atoms with Gasteiger partial charge in [0, 0.05) is 16.5 Å². The molecule has 0 aromatic rings. The van der Waals surface area contributed by atoms with Crippen LogP contribution in [0.5, 0.6) is 0 Å². The van der Waals surface area contributed by atoms with Crippen LogP contribution >= 0.6 is 11.6 Å². The maximum Gasteiger partial charge on any atom is 0.147 e. The van der Waals surface area contributed by atoms with Gasteiger partial charge in [0.25, 0.3) is 0 Å². The lowest BCUT2D eigenvalue weighted by atomic mass is 9.94. The van der Waals surface area contributed by atoms with E-state index in [4.69, 9.17) is 11.6 Å². The van der Waals surface area contributed by atoms with Crippen molar-refractivity contribution in [2.45, 2.75) is 12.8 Å². The summed E-state index contributed by atoms with van der Waals surface area (Å²) in [5.41, 5.74) is 1.48. The van der Waals surface area contributed by atoms with E-state index in [1.54, 1.807) is 0 Å². The average molecular weight is 197 g/mol. The minimum Gasteiger partial charge on any atom is -0.298 e. The zero-order valence-electron chi connectivity index (χ0n) is 7.00. The topological polar surface area (TPSA) is 34.1 Å². The molecule has 0 N–H and O–H groups in total. The zero-order chi connectivity index (χ0) is 9.42. The van der Waals surface area contributed by atoms with Crippen molar-refractivity contribution >= 4 is 24.2 Å². The lowest BCUT2D eigenvalue weighted by Gasteiger charge is -2.10. The smallest absolute Gasteiger partial charge is 0.147 e. The molecule has 0 aliphatic heterocycles. The standard InChI is InChI=1S/C10H9ClO2/c11-10-7(5-13)3-9-6(4-12)1-2-8(9)10/h1,4-5,8-9H,2-3H2. The molecule has 0 saturated heterocycles. The molecular formula is C10H9ClO2. The fourth-order valence-corrected chi connectivity index (χ4v) is 2.53. The first kappa shape index (κ1) is 8.70. The normalized spacial score (nSPS) is 31.6. The van der Waals surface area contributed by atoms with Crippen LogP contribution in [-0.4, -0.2) is 12.6 Å². The SMILES string of the molecule is O=CC1=CCC2C(Cl)=C(C=O)CC12. The van der Waals surface area contributed by atoms with Gasteiger partial charge in [0.05, 0.1) is 0 Å². The van der Waals surface area contributed by atoms with Gasteiger partial charge in [-0.1, -0.05) is 17.7 Å². The van der Waals surface area contributed by atoms with E-state index in [9.17, 15) is 9.59 Å². The number of aldehydes is 2. The van der Waals surface area contributed by atoms with Crippen LogP contribution in [0.2, 0.25) is 0 Å². The van der Waals surface area contributed by atoms with Crippen LogP contribution in [0.15, 0.2) is 22.3 Å². The highest BCUT2D eigenvalue weighted by atomic mass is 35.5. The van der Waals surface area contributed by atoms with Gasteiger partial charge in [-0.25, -0.2) is 0 Å². The number of hydrogen-bond donors (Lipinski definition) is 0. The van der Waals surface area contributed by atoms with Gasteiger partial charge in [0.15, 0.2) is 0 Å². The highest BCUT2D eigenvalue weighted by molar-refractivity contribution is 6.32. The Morgan fingerprint density at radius 3 is 2.69 bits per heavy atom. The molecule has 3 heteroatoms. The molecule has 0 fully saturated rings. The monoisotopic (exact) mass is 196 g/mol. The van der Waals surface area contributed by atoms with E-state index in [2.05, 4.69) is 0 Å². The number of carbonyl (C=O) groups is 2. The Labute approximate surface area is 81.3 Å². The molecule has 0 aromatic carbocycles. The van der Waals surface area contributed by atoms with Crippen molar-refractivity contribution in [3.8, 4) is 0 Å². The van der Waals surface area contributed by atoms with Crippen LogP contribution in [-0.2, 0) is 9.59 Å². The Kier molecular flexibility index (Phi) is 2.08. The van der Waals surface area contributed by atoms with E-state index < -0.39 is 0 Å². The minimum absolute atomic E-state index is 0.171. The van der Waals surface area contributed by atoms with Gasteiger partial charge >= 0.3 is 0 Å². The molecule has 0 radical (unpaired) electrons. The minimum atomic E-state index is 0.171. The predicted molar refractivity (Wildman–Crippen MR) is 49.3 cm³/mol. The van der Waals surface area contributed by atoms with Crippen molar-refractivity contribution in [2.75, 3.05) is 0 Å². The molecule has 2 unspecified atom stereocenters. The van der Waals surface area contributed by atoms with Gasteiger partial charge in [-0.3, -0.25) is 9.59 Å². The first-order valence-electron chi connectivity index (χ1n) is 4.27. The largest absolute Gasteiger partial charge is 0.298 e. The highest BCUT2D eigenvalue weighted by Crippen LogP contribution is 2.47. The van der Waals surface area contributed by atoms with Crippen molar-refractivity contribution < 1.29 is 9.59 Å². The van der Waals surface area contributed by atoms with Crippen molar-refractivity contribution in [3.63, 3.8) is 0 Å². The van der Waals surface area contributed by atoms with Gasteiger partial charge in [-0.2, -0.15) is 0 Å². The summed E-state index contributed by atoms with van der Waals surface area (Å²) in [5, 5.41) is 0.660. The molecule has 68 valence electrons. The fourth-order valence-electron chi connectivity index (χ4n) is 2.16. The molecule has 2 nitrogen and oxygen atoms in total. The zero-order valence-corrected chi connectivity index (χ0v) is 7.75. The second kappa shape index (κ2) is 3.11. The van der Waals surface area contributed by atoms with Crippen LogP contribution in [0.1, 0.15) is 12.8 Å². The molecule has 0 spiro atoms. The van der Waals surface area contributed by atoms with Gasteiger partial charge < -0.3 is 0 Å². The molecule has 0 amide bonds. The second-order valence-electron chi connectivity index (χ2n) is 3.47. The second-order valence-corrected chi connectivity index (χ2v) is 3.87. The third-order valence-corrected chi connectivity index (χ3v) is 3.39. The van der Waals surface area contributed by atoms with E-state index in [1.807, 2.05) is 6.08 Å². The summed E-state index contributed by atoms with van der Waals surface area (Å²) < 4.78 is 0. The van der Waals surface area contributed by atoms with Crippen molar-refractivity contribution in [1.29, 1.82) is 0 Å². The highest BCUT2D eigenvalue weighted by Gasteiger charge is 2.38. The van der Waals surface area contributed by atoms with E-state index >= 15 is 0 Å². The Balaban J connectivity index is 2.27. The van der Waals surface area contributed by atoms with Crippen molar-refractivity contribution in [3.05, 3.63) is 22.3 Å². The van der Waals surface area contributed by atoms with Crippen LogP contribution in [0.25, 0.3) is 0 Å². The summed E-state index contributed by atoms with van der Waals surface area (Å²) in [7, 11) is 0. The predicted octanol–water partition coefficient (Wildman–Crippen LogP) is 1.84. The number of halogens is 1. The van der Waals surface area contributed by atoms with E-state index in [1.165, 1.54) is 0 Å². The van der Waals surface area contributed by atoms with Crippen LogP contribution in [0, 0.1) is 11.8 Å². The summed E-state index contributed by atoms with van der Waals surface area (Å²) in [6.07, 6.45) is 5.05. The van der Waals surface area contributed by atoms with Crippen LogP contribution < -0.4 is 0 Å². The van der Waals surface area contributed by atoms with Gasteiger partial charge in [0.2, 0.25) is 0 Å². The fraction of sp³-hybridized carbons (Fsp3) is 0.400. The molecule has 0 aromatic heterocycles. The van der Waals surface area contributed by atoms with Gasteiger partial charge in [-0.05, 0) is 24.3 Å². The third kappa shape index (κ3) is 1.17. The van der Waals surface area contributed by atoms with Gasteiger partial charge in [-0.15, -0.1) is 0 Å². The number of fused-ring (bicyclic) bond motifs is 1. The number of rotatable bonds is 2. The molecule has 2 aliphatic carbocycles. The molecular weight excluding hydrogens is 188 g/mol. The lowest BCUT2D eigenvalue weighted by molar-refractivity contribution is -0.106. The molecule has 13 heavy (non-hydrogen) atoms. The number of carbonyl (C=O) groups excluding carboxylic acids is 2. The third-order valence-electron chi connectivity index (χ3n) is 2.87. The Morgan fingerprint density at radius 2 is 2.08 bits per heavy atom. The maximum absolute atomic E-state index is 10.6. The first-order valence-corrected chi connectivity index (χ1v) is 4.64. The van der Waals surface area contributed by atoms with E-state index in [0.717, 1.165) is 24.6 Å². The van der Waals surface area contributed by atoms with Crippen LogP contribution in [0.3, 0.4) is 0 Å². The van der Waals surface area contributed by atoms with Crippen molar-refractivity contribution in [1.82, 2.24) is 0 Å². The maximum atomic E-state index is 10.6. The average Bonchev–Trinajstić information content (AvgIpc) is 2.66. The quantitative estimate of drug-likeness (QED) is 0.632. The van der Waals surface area contributed by atoms with Gasteiger partial charge in [0.1, 0.15) is 12.6 Å². The molecule has 0 heterocycles. The summed E-state index contributed by atoms with van der Waals surface area (Å²) in [4.78, 5) is 21.2. The summed E-state index contributed by atoms with van der Waals surface area (Å²) >= 11 is 6.00. The van der Waals surface area contributed by atoms with Crippen molar-refractivity contribution in [2.24, 2.45) is 11.8 Å². The summed E-state index contributed by atoms with van der Waals surface area (Å²) in [6, 6.07) is 0. The molecule has 2 atom stereocenters. The first-order chi connectivity index (χ1) is 6.27. The molecule has 2 aliphatic rings. The summed E-state index contributed by atoms with van der Waals surface area (Å²) in [5.74, 6) is 0.368. The Bertz CT molecular complexity index is 328. The van der Waals surface area contributed by atoms with Crippen LogP contribution in [0.4, 0.5) is 0 Å². The molecule has 2 rings (SSSR count). The number of allylic oxidation sites excluding steroid dienone is 4. The molecule has 0 bridgehead atoms. The Morgan fingerprint density at radius 1 is 1.31 bits per heavy atom. The number of hydrogen-bond acceptors (Lipinski definition) is 2. The molecule has 0 saturated carbocycles. The van der Waals surface area contributed by atoms with E-state index in [0.29, 0.717) is 17.0 Å². The lowest BCUT2D eigenvalue weighted by Crippen LogP contribution is -2.06. The van der Waals surface area contributed by atoms with E-state index in [-0.39, 0.29) is 11.8 Å².